The van der Waals surface area contributed by atoms with E-state index < -0.39 is 27.6 Å². The Bertz CT molecular complexity index is 673. The fourth-order valence-electron chi connectivity index (χ4n) is 2.56. The molecule has 0 bridgehead atoms. The van der Waals surface area contributed by atoms with Crippen molar-refractivity contribution in [2.45, 2.75) is 25.7 Å². The van der Waals surface area contributed by atoms with Crippen molar-refractivity contribution >= 4 is 33.9 Å². The van der Waals surface area contributed by atoms with Crippen LogP contribution in [-0.4, -0.2) is 38.5 Å². The van der Waals surface area contributed by atoms with Crippen LogP contribution in [0.2, 0.25) is 0 Å². The fourth-order valence-corrected chi connectivity index (χ4v) is 3.04. The standard InChI is InChI=1S/C13H17F3N2O3S.ClH.Na/c1-9-17(2)11-5-4-10(13(14,15)16)8-12(11)18(9)6-3-7-22(19,20)21;;/h4-5,8-9H,3,6-7H2,1-2H3,(H,19,20,21);1H;/q;;+1/p-1. The second-order valence-electron chi connectivity index (χ2n) is 5.25. The molecule has 1 aromatic carbocycles. The molecule has 1 aliphatic heterocycles. The Morgan fingerprint density at radius 3 is 2.33 bits per heavy atom. The number of nitrogens with zero attached hydrogens (tertiary/aromatic N) is 2. The molecule has 24 heavy (non-hydrogen) atoms. The summed E-state index contributed by atoms with van der Waals surface area (Å²) in [7, 11) is -2.57. The van der Waals surface area contributed by atoms with Gasteiger partial charge in [-0.15, -0.1) is 12.4 Å². The van der Waals surface area contributed by atoms with Gasteiger partial charge in [-0.2, -0.15) is 13.2 Å². The molecule has 0 spiro atoms. The van der Waals surface area contributed by atoms with E-state index in [1.165, 1.54) is 6.07 Å². The molecule has 11 heteroatoms. The van der Waals surface area contributed by atoms with Gasteiger partial charge in [0.1, 0.15) is 0 Å². The molecular weight excluding hydrogens is 380 g/mol. The van der Waals surface area contributed by atoms with Gasteiger partial charge in [0.15, 0.2) is 0 Å². The van der Waals surface area contributed by atoms with E-state index in [4.69, 9.17) is 0 Å². The predicted octanol–water partition coefficient (Wildman–Crippen LogP) is -0.331. The van der Waals surface area contributed by atoms with Gasteiger partial charge in [-0.3, -0.25) is 0 Å². The second kappa shape index (κ2) is 8.46. The first-order chi connectivity index (χ1) is 10.0. The molecule has 0 aliphatic carbocycles. The van der Waals surface area contributed by atoms with Gasteiger partial charge in [0.2, 0.25) is 0 Å². The van der Waals surface area contributed by atoms with Gasteiger partial charge in [0, 0.05) is 19.3 Å². The van der Waals surface area contributed by atoms with Gasteiger partial charge < -0.3 is 14.4 Å². The Morgan fingerprint density at radius 1 is 1.25 bits per heavy atom. The van der Waals surface area contributed by atoms with Crippen LogP contribution in [0.15, 0.2) is 18.2 Å². The number of anilines is 2. The summed E-state index contributed by atoms with van der Waals surface area (Å²) in [5.41, 5.74) is 0.286. The smallest absolute Gasteiger partial charge is 0.748 e. The average Bonchev–Trinajstić information content (AvgIpc) is 2.61. The van der Waals surface area contributed by atoms with Crippen LogP contribution >= 0.6 is 12.4 Å². The van der Waals surface area contributed by atoms with Crippen LogP contribution in [0.4, 0.5) is 24.5 Å². The molecule has 1 atom stereocenters. The van der Waals surface area contributed by atoms with Crippen molar-refractivity contribution in [2.75, 3.05) is 29.1 Å². The first-order valence-corrected chi connectivity index (χ1v) is 8.23. The Hall–Kier alpha value is -0.190. The normalized spacial score (nSPS) is 17.2. The van der Waals surface area contributed by atoms with Crippen molar-refractivity contribution < 1.29 is 55.7 Å². The third kappa shape index (κ3) is 5.40. The van der Waals surface area contributed by atoms with Crippen LogP contribution in [-0.2, 0) is 16.3 Å². The van der Waals surface area contributed by atoms with E-state index in [1.807, 2.05) is 0 Å². The largest absolute Gasteiger partial charge is 1.00 e. The third-order valence-electron chi connectivity index (χ3n) is 3.80. The van der Waals surface area contributed by atoms with Gasteiger partial charge in [0.05, 0.1) is 33.2 Å². The van der Waals surface area contributed by atoms with Gasteiger partial charge in [-0.1, -0.05) is 0 Å². The molecule has 1 heterocycles. The fraction of sp³-hybridized carbons (Fsp3) is 0.538. The molecule has 0 amide bonds. The minimum Gasteiger partial charge on any atom is -0.748 e. The van der Waals surface area contributed by atoms with Crippen LogP contribution in [0, 0.1) is 0 Å². The van der Waals surface area contributed by atoms with Gasteiger partial charge in [-0.25, -0.2) is 8.42 Å². The number of alkyl halides is 3. The molecule has 2 rings (SSSR count). The zero-order chi connectivity index (χ0) is 16.7. The number of hydrogen-bond donors (Lipinski definition) is 0. The van der Waals surface area contributed by atoms with Gasteiger partial charge in [0.25, 0.3) is 0 Å². The molecule has 0 fully saturated rings. The minimum absolute atomic E-state index is 0. The maximum atomic E-state index is 12.8. The molecule has 0 saturated heterocycles. The number of fused-ring (bicyclic) bond motifs is 1. The quantitative estimate of drug-likeness (QED) is 0.515. The van der Waals surface area contributed by atoms with Crippen LogP contribution in [0.1, 0.15) is 18.9 Å². The summed E-state index contributed by atoms with van der Waals surface area (Å²) in [5, 5.41) is 0. The van der Waals surface area contributed by atoms with Crippen LogP contribution in [0.5, 0.6) is 0 Å². The maximum Gasteiger partial charge on any atom is 1.00 e. The summed E-state index contributed by atoms with van der Waals surface area (Å²) in [6, 6.07) is 3.48. The van der Waals surface area contributed by atoms with Crippen molar-refractivity contribution in [2.24, 2.45) is 0 Å². The molecule has 5 nitrogen and oxygen atoms in total. The predicted molar refractivity (Wildman–Crippen MR) is 83.1 cm³/mol. The van der Waals surface area contributed by atoms with Crippen LogP contribution < -0.4 is 39.4 Å². The van der Waals surface area contributed by atoms with E-state index in [0.29, 0.717) is 11.4 Å². The van der Waals surface area contributed by atoms with Gasteiger partial charge in [-0.05, 0) is 31.5 Å². The summed E-state index contributed by atoms with van der Waals surface area (Å²) in [6.07, 6.45) is -4.59. The Labute approximate surface area is 167 Å². The summed E-state index contributed by atoms with van der Waals surface area (Å²) < 4.78 is 70.4. The topological polar surface area (TPSA) is 63.7 Å². The molecule has 0 radical (unpaired) electrons. The molecular formula is C13H17ClF3N2NaO3S. The molecule has 0 aromatic heterocycles. The molecule has 0 N–H and O–H groups in total. The van der Waals surface area contributed by atoms with Crippen molar-refractivity contribution in [1.29, 1.82) is 0 Å². The summed E-state index contributed by atoms with van der Waals surface area (Å²) in [6.45, 7) is 2.00. The van der Waals surface area contributed by atoms with Crippen molar-refractivity contribution in [1.82, 2.24) is 0 Å². The van der Waals surface area contributed by atoms with Crippen molar-refractivity contribution in [3.63, 3.8) is 0 Å². The third-order valence-corrected chi connectivity index (χ3v) is 4.59. The van der Waals surface area contributed by atoms with E-state index in [0.717, 1.165) is 12.1 Å². The molecule has 1 aliphatic rings. The molecule has 0 saturated carbocycles. The molecule has 1 aromatic rings. The second-order valence-corrected chi connectivity index (χ2v) is 6.78. The van der Waals surface area contributed by atoms with E-state index in [1.54, 1.807) is 23.8 Å². The molecule has 132 valence electrons. The number of hydrogen-bond acceptors (Lipinski definition) is 5. The van der Waals surface area contributed by atoms with Crippen molar-refractivity contribution in [3.05, 3.63) is 23.8 Å². The van der Waals surface area contributed by atoms with Gasteiger partial charge >= 0.3 is 35.7 Å². The van der Waals surface area contributed by atoms with E-state index in [-0.39, 0.29) is 61.1 Å². The Morgan fingerprint density at radius 2 is 1.83 bits per heavy atom. The van der Waals surface area contributed by atoms with Crippen LogP contribution in [0.3, 0.4) is 0 Å². The van der Waals surface area contributed by atoms with Crippen LogP contribution in [0.25, 0.3) is 0 Å². The SMILES string of the molecule is CC1N(C)c2ccc(C(F)(F)F)cc2N1CCCS(=O)(=O)[O-].Cl.[Na+]. The van der Waals surface area contributed by atoms with Crippen molar-refractivity contribution in [3.8, 4) is 0 Å². The monoisotopic (exact) mass is 396 g/mol. The first-order valence-electron chi connectivity index (χ1n) is 6.65. The zero-order valence-corrected chi connectivity index (χ0v) is 17.1. The minimum atomic E-state index is -4.44. The zero-order valence-electron chi connectivity index (χ0n) is 13.5. The Kier molecular flexibility index (Phi) is 8.39. The van der Waals surface area contributed by atoms with E-state index >= 15 is 0 Å². The average molecular weight is 397 g/mol. The Balaban J connectivity index is 0.00000264. The van der Waals surface area contributed by atoms with E-state index in [2.05, 4.69) is 0 Å². The number of benzene rings is 1. The summed E-state index contributed by atoms with van der Waals surface area (Å²) in [5.74, 6) is -0.534. The number of rotatable bonds is 4. The number of halogens is 4. The summed E-state index contributed by atoms with van der Waals surface area (Å²) >= 11 is 0. The summed E-state index contributed by atoms with van der Waals surface area (Å²) in [4.78, 5) is 3.48. The first kappa shape index (κ1) is 23.8. The van der Waals surface area contributed by atoms with E-state index in [9.17, 15) is 26.1 Å². The molecule has 1 unspecified atom stereocenters. The maximum absolute atomic E-state index is 12.8.